The number of carboxylic acid groups (broad SMARTS) is 1. The average molecular weight is 419 g/mol. The number of carboxylic acids is 1. The number of ether oxygens (including phenoxy) is 1. The number of anilines is 1. The van der Waals surface area contributed by atoms with E-state index in [0.717, 1.165) is 25.4 Å². The third-order valence-corrected chi connectivity index (χ3v) is 3.73. The van der Waals surface area contributed by atoms with Gasteiger partial charge in [-0.3, -0.25) is 0 Å². The number of alkyl halides is 2. The van der Waals surface area contributed by atoms with E-state index in [-0.39, 0.29) is 24.2 Å². The summed E-state index contributed by atoms with van der Waals surface area (Å²) in [5.41, 5.74) is -0.863. The average Bonchev–Trinajstić information content (AvgIpc) is 2.63. The van der Waals surface area contributed by atoms with Gasteiger partial charge in [-0.25, -0.2) is 37.1 Å². The van der Waals surface area contributed by atoms with Gasteiger partial charge in [0.15, 0.2) is 0 Å². The number of halogens is 5. The van der Waals surface area contributed by atoms with Crippen molar-refractivity contribution in [3.63, 3.8) is 0 Å². The van der Waals surface area contributed by atoms with Gasteiger partial charge in [0.25, 0.3) is 5.92 Å². The van der Waals surface area contributed by atoms with Crippen LogP contribution in [0, 0.1) is 17.6 Å². The lowest BCUT2D eigenvalue weighted by Crippen LogP contribution is -2.44. The maximum atomic E-state index is 12.8. The third kappa shape index (κ3) is 5.83. The lowest BCUT2D eigenvalue weighted by Gasteiger charge is -2.35. The predicted molar refractivity (Wildman–Crippen MR) is 88.2 cm³/mol. The Balaban J connectivity index is 0.000000221. The normalized spacial score (nSPS) is 14.8. The quantitative estimate of drug-likeness (QED) is 0.446. The topological polar surface area (TPSA) is 101 Å². The van der Waals surface area contributed by atoms with Crippen LogP contribution in [0.25, 0.3) is 0 Å². The summed E-state index contributed by atoms with van der Waals surface area (Å²) in [5, 5.41) is 11.4. The fraction of sp³-hybridized carbons (Fsp3) is 0.294. The molecule has 3 rings (SSSR count). The molecule has 0 aromatic carbocycles. The first-order chi connectivity index (χ1) is 13.5. The predicted octanol–water partition coefficient (Wildman–Crippen LogP) is 3.27. The van der Waals surface area contributed by atoms with Crippen LogP contribution in [0.2, 0.25) is 0 Å². The molecule has 0 unspecified atom stereocenters. The minimum atomic E-state index is -2.71. The molecule has 1 fully saturated rings. The van der Waals surface area contributed by atoms with Crippen molar-refractivity contribution in [1.29, 1.82) is 0 Å². The number of aromatic nitrogens is 2. The SMILES string of the molecule is COC(=O)c1cc(F)cnc1F.O=C(O)c1cc(F)cnc1NC1CC(F)(F)C1. The molecule has 0 atom stereocenters. The first kappa shape index (κ1) is 22.0. The van der Waals surface area contributed by atoms with Crippen LogP contribution in [0.3, 0.4) is 0 Å². The van der Waals surface area contributed by atoms with E-state index in [0.29, 0.717) is 6.20 Å². The monoisotopic (exact) mass is 419 g/mol. The number of hydrogen-bond donors (Lipinski definition) is 2. The van der Waals surface area contributed by atoms with Crippen molar-refractivity contribution in [3.05, 3.63) is 53.2 Å². The number of nitrogens with zero attached hydrogens (tertiary/aromatic N) is 2. The summed E-state index contributed by atoms with van der Waals surface area (Å²) < 4.78 is 67.2. The molecule has 1 aliphatic rings. The van der Waals surface area contributed by atoms with Gasteiger partial charge in [-0.1, -0.05) is 0 Å². The van der Waals surface area contributed by atoms with Gasteiger partial charge in [0.2, 0.25) is 5.95 Å². The lowest BCUT2D eigenvalue weighted by atomic mass is 9.88. The fourth-order valence-corrected chi connectivity index (χ4v) is 2.35. The molecule has 29 heavy (non-hydrogen) atoms. The van der Waals surface area contributed by atoms with Crippen LogP contribution in [0.5, 0.6) is 0 Å². The summed E-state index contributed by atoms with van der Waals surface area (Å²) in [5.74, 6) is -7.70. The minimum absolute atomic E-state index is 0.0839. The van der Waals surface area contributed by atoms with Gasteiger partial charge in [0.05, 0.1) is 19.5 Å². The van der Waals surface area contributed by atoms with E-state index in [1.807, 2.05) is 0 Å². The van der Waals surface area contributed by atoms with E-state index < -0.39 is 47.0 Å². The van der Waals surface area contributed by atoms with E-state index >= 15 is 0 Å². The molecule has 156 valence electrons. The third-order valence-electron chi connectivity index (χ3n) is 3.73. The molecular formula is C17H14F5N3O4. The van der Waals surface area contributed by atoms with Crippen molar-refractivity contribution in [2.75, 3.05) is 12.4 Å². The molecule has 2 heterocycles. The molecular weight excluding hydrogens is 405 g/mol. The van der Waals surface area contributed by atoms with Gasteiger partial charge < -0.3 is 15.2 Å². The van der Waals surface area contributed by atoms with E-state index in [4.69, 9.17) is 5.11 Å². The van der Waals surface area contributed by atoms with Gasteiger partial charge in [-0.15, -0.1) is 0 Å². The summed E-state index contributed by atoms with van der Waals surface area (Å²) in [6.45, 7) is 0. The summed E-state index contributed by atoms with van der Waals surface area (Å²) in [7, 11) is 1.08. The molecule has 12 heteroatoms. The highest BCUT2D eigenvalue weighted by Gasteiger charge is 2.45. The Bertz CT molecular complexity index is 918. The highest BCUT2D eigenvalue weighted by molar-refractivity contribution is 5.93. The number of rotatable bonds is 4. The van der Waals surface area contributed by atoms with E-state index in [1.165, 1.54) is 0 Å². The second-order valence-corrected chi connectivity index (χ2v) is 5.94. The van der Waals surface area contributed by atoms with Crippen molar-refractivity contribution < 1.29 is 41.4 Å². The van der Waals surface area contributed by atoms with Gasteiger partial charge in [-0.2, -0.15) is 4.39 Å². The standard InChI is InChI=1S/C10H9F3N2O2.C7H5F2NO2/c11-5-1-7(9(16)17)8(14-4-5)15-6-2-10(12,13)3-6;1-12-7(11)5-2-4(8)3-10-6(5)9/h1,4,6H,2-3H2,(H,14,15)(H,16,17);2-3H,1H3. The van der Waals surface area contributed by atoms with Crippen molar-refractivity contribution in [2.24, 2.45) is 0 Å². The van der Waals surface area contributed by atoms with E-state index in [9.17, 15) is 31.5 Å². The maximum Gasteiger partial charge on any atom is 0.342 e. The number of pyridine rings is 2. The Hall–Kier alpha value is -3.31. The van der Waals surface area contributed by atoms with Gasteiger partial charge in [0.1, 0.15) is 28.6 Å². The first-order valence-corrected chi connectivity index (χ1v) is 7.95. The molecule has 7 nitrogen and oxygen atoms in total. The highest BCUT2D eigenvalue weighted by Crippen LogP contribution is 2.39. The fourth-order valence-electron chi connectivity index (χ4n) is 2.35. The Morgan fingerprint density at radius 1 is 1.10 bits per heavy atom. The molecule has 2 N–H and O–H groups in total. The van der Waals surface area contributed by atoms with Crippen molar-refractivity contribution in [3.8, 4) is 0 Å². The molecule has 2 aromatic rings. The number of nitrogens with one attached hydrogen (secondary N) is 1. The first-order valence-electron chi connectivity index (χ1n) is 7.95. The molecule has 0 radical (unpaired) electrons. The molecule has 1 aliphatic carbocycles. The lowest BCUT2D eigenvalue weighted by molar-refractivity contribution is -0.0794. The molecule has 0 saturated heterocycles. The van der Waals surface area contributed by atoms with Crippen LogP contribution >= 0.6 is 0 Å². The zero-order valence-electron chi connectivity index (χ0n) is 14.8. The van der Waals surface area contributed by atoms with E-state index in [1.54, 1.807) is 0 Å². The summed E-state index contributed by atoms with van der Waals surface area (Å²) in [6.07, 6.45) is 0.781. The van der Waals surface area contributed by atoms with Crippen LogP contribution in [0.1, 0.15) is 33.6 Å². The number of aromatic carboxylic acids is 1. The maximum absolute atomic E-state index is 12.8. The van der Waals surface area contributed by atoms with Crippen LogP contribution in [0.4, 0.5) is 27.8 Å². The number of hydrogen-bond acceptors (Lipinski definition) is 6. The Labute approximate surface area is 160 Å². The van der Waals surface area contributed by atoms with Crippen molar-refractivity contribution >= 4 is 17.8 Å². The minimum Gasteiger partial charge on any atom is -0.478 e. The van der Waals surface area contributed by atoms with Crippen LogP contribution in [-0.4, -0.2) is 46.1 Å². The number of esters is 1. The number of carbonyl (C=O) groups is 2. The second kappa shape index (κ2) is 8.80. The molecule has 0 aliphatic heterocycles. The summed E-state index contributed by atoms with van der Waals surface area (Å²) in [4.78, 5) is 28.1. The number of methoxy groups -OCH3 is 1. The van der Waals surface area contributed by atoms with Crippen LogP contribution in [0.15, 0.2) is 24.5 Å². The van der Waals surface area contributed by atoms with Crippen molar-refractivity contribution in [2.45, 2.75) is 24.8 Å². The van der Waals surface area contributed by atoms with Crippen LogP contribution < -0.4 is 5.32 Å². The second-order valence-electron chi connectivity index (χ2n) is 5.94. The smallest absolute Gasteiger partial charge is 0.342 e. The van der Waals surface area contributed by atoms with Gasteiger partial charge in [0, 0.05) is 18.9 Å². The Morgan fingerprint density at radius 3 is 2.17 bits per heavy atom. The summed E-state index contributed by atoms with van der Waals surface area (Å²) in [6, 6.07) is 1.00. The molecule has 0 bridgehead atoms. The zero-order chi connectivity index (χ0) is 21.8. The van der Waals surface area contributed by atoms with Crippen molar-refractivity contribution in [1.82, 2.24) is 9.97 Å². The molecule has 1 saturated carbocycles. The number of carbonyl (C=O) groups excluding carboxylic acids is 1. The molecule has 2 aromatic heterocycles. The van der Waals surface area contributed by atoms with Gasteiger partial charge in [-0.05, 0) is 12.1 Å². The Morgan fingerprint density at radius 2 is 1.66 bits per heavy atom. The van der Waals surface area contributed by atoms with E-state index in [2.05, 4.69) is 20.0 Å². The molecule has 0 amide bonds. The Kier molecular flexibility index (Phi) is 6.67. The largest absolute Gasteiger partial charge is 0.478 e. The van der Waals surface area contributed by atoms with Crippen LogP contribution in [-0.2, 0) is 4.74 Å². The highest BCUT2D eigenvalue weighted by atomic mass is 19.3. The summed E-state index contributed by atoms with van der Waals surface area (Å²) >= 11 is 0. The van der Waals surface area contributed by atoms with Gasteiger partial charge >= 0.3 is 11.9 Å². The zero-order valence-corrected chi connectivity index (χ0v) is 14.8. The molecule has 0 spiro atoms.